The highest BCUT2D eigenvalue weighted by Gasteiger charge is 2.22. The van der Waals surface area contributed by atoms with Gasteiger partial charge < -0.3 is 9.84 Å². The van der Waals surface area contributed by atoms with Gasteiger partial charge in [0.1, 0.15) is 0 Å². The van der Waals surface area contributed by atoms with Crippen molar-refractivity contribution < 1.29 is 4.52 Å². The molecule has 1 fully saturated rings. The molecule has 1 aromatic heterocycles. The van der Waals surface area contributed by atoms with Crippen molar-refractivity contribution >= 4 is 15.9 Å². The van der Waals surface area contributed by atoms with Crippen LogP contribution in [-0.4, -0.2) is 23.2 Å². The molecular formula is C12H12BrN3O. The standard InChI is InChI=1S/C12H12BrN3O/c13-10-3-1-8(2-4-10)11-15-12(17-16-11)9-5-6-14-7-9/h1-4,9,14H,5-7H2. The second kappa shape index (κ2) is 4.58. The second-order valence-corrected chi connectivity index (χ2v) is 5.07. The lowest BCUT2D eigenvalue weighted by Gasteiger charge is -1.98. The van der Waals surface area contributed by atoms with E-state index in [0.717, 1.165) is 35.4 Å². The van der Waals surface area contributed by atoms with Gasteiger partial charge in [0.25, 0.3) is 0 Å². The summed E-state index contributed by atoms with van der Waals surface area (Å²) in [5, 5.41) is 7.32. The molecule has 0 saturated carbocycles. The van der Waals surface area contributed by atoms with Crippen LogP contribution < -0.4 is 5.32 Å². The summed E-state index contributed by atoms with van der Waals surface area (Å²) in [5.74, 6) is 1.78. The molecule has 1 N–H and O–H groups in total. The molecule has 17 heavy (non-hydrogen) atoms. The van der Waals surface area contributed by atoms with E-state index < -0.39 is 0 Å². The molecule has 0 spiro atoms. The molecule has 0 radical (unpaired) electrons. The average molecular weight is 294 g/mol. The Hall–Kier alpha value is -1.20. The smallest absolute Gasteiger partial charge is 0.231 e. The number of benzene rings is 1. The molecular weight excluding hydrogens is 282 g/mol. The zero-order valence-corrected chi connectivity index (χ0v) is 10.8. The maximum Gasteiger partial charge on any atom is 0.231 e. The van der Waals surface area contributed by atoms with E-state index in [9.17, 15) is 0 Å². The lowest BCUT2D eigenvalue weighted by Crippen LogP contribution is -2.08. The van der Waals surface area contributed by atoms with E-state index in [1.165, 1.54) is 0 Å². The summed E-state index contributed by atoms with van der Waals surface area (Å²) >= 11 is 3.40. The highest BCUT2D eigenvalue weighted by atomic mass is 79.9. The predicted octanol–water partition coefficient (Wildman–Crippen LogP) is 2.58. The van der Waals surface area contributed by atoms with Crippen LogP contribution in [0.5, 0.6) is 0 Å². The molecule has 4 nitrogen and oxygen atoms in total. The summed E-state index contributed by atoms with van der Waals surface area (Å²) in [6.45, 7) is 1.96. The van der Waals surface area contributed by atoms with E-state index in [1.54, 1.807) is 0 Å². The van der Waals surface area contributed by atoms with Crippen molar-refractivity contribution in [2.24, 2.45) is 0 Å². The van der Waals surface area contributed by atoms with E-state index in [2.05, 4.69) is 31.4 Å². The molecule has 2 heterocycles. The van der Waals surface area contributed by atoms with Crippen LogP contribution in [0, 0.1) is 0 Å². The van der Waals surface area contributed by atoms with E-state index in [-0.39, 0.29) is 0 Å². The lowest BCUT2D eigenvalue weighted by atomic mass is 10.1. The quantitative estimate of drug-likeness (QED) is 0.925. The van der Waals surface area contributed by atoms with Crippen LogP contribution in [0.3, 0.4) is 0 Å². The molecule has 0 aliphatic carbocycles. The summed E-state index contributed by atoms with van der Waals surface area (Å²) in [6.07, 6.45) is 1.07. The van der Waals surface area contributed by atoms with E-state index in [1.807, 2.05) is 24.3 Å². The molecule has 1 aliphatic heterocycles. The number of halogens is 1. The van der Waals surface area contributed by atoms with Gasteiger partial charge in [0, 0.05) is 16.6 Å². The molecule has 1 atom stereocenters. The topological polar surface area (TPSA) is 51.0 Å². The van der Waals surface area contributed by atoms with Crippen LogP contribution >= 0.6 is 15.9 Å². The van der Waals surface area contributed by atoms with E-state index in [0.29, 0.717) is 11.7 Å². The number of nitrogens with zero attached hydrogens (tertiary/aromatic N) is 2. The van der Waals surface area contributed by atoms with Gasteiger partial charge in [-0.15, -0.1) is 0 Å². The van der Waals surface area contributed by atoms with Crippen molar-refractivity contribution in [3.8, 4) is 11.4 Å². The van der Waals surface area contributed by atoms with Crippen molar-refractivity contribution in [2.75, 3.05) is 13.1 Å². The van der Waals surface area contributed by atoms with Crippen molar-refractivity contribution in [2.45, 2.75) is 12.3 Å². The Balaban J connectivity index is 1.86. The van der Waals surface area contributed by atoms with Crippen LogP contribution in [0.2, 0.25) is 0 Å². The first kappa shape index (κ1) is 10.9. The number of aromatic nitrogens is 2. The third-order valence-electron chi connectivity index (χ3n) is 2.95. The van der Waals surface area contributed by atoms with Crippen LogP contribution in [0.1, 0.15) is 18.2 Å². The molecule has 0 amide bonds. The van der Waals surface area contributed by atoms with Crippen molar-refractivity contribution in [3.63, 3.8) is 0 Å². The van der Waals surface area contributed by atoms with Crippen LogP contribution in [0.15, 0.2) is 33.3 Å². The third-order valence-corrected chi connectivity index (χ3v) is 3.48. The van der Waals surface area contributed by atoms with Crippen molar-refractivity contribution in [3.05, 3.63) is 34.6 Å². The molecule has 3 rings (SSSR count). The van der Waals surface area contributed by atoms with Gasteiger partial charge in [0.15, 0.2) is 0 Å². The molecule has 0 bridgehead atoms. The number of nitrogens with one attached hydrogen (secondary N) is 1. The van der Waals surface area contributed by atoms with Gasteiger partial charge in [0.05, 0.1) is 5.92 Å². The SMILES string of the molecule is Brc1ccc(-c2noc(C3CCNC3)n2)cc1. The number of hydrogen-bond donors (Lipinski definition) is 1. The fraction of sp³-hybridized carbons (Fsp3) is 0.333. The Morgan fingerprint density at radius 1 is 1.29 bits per heavy atom. The molecule has 2 aromatic rings. The normalized spacial score (nSPS) is 19.7. The third kappa shape index (κ3) is 2.25. The molecule has 88 valence electrons. The zero-order chi connectivity index (χ0) is 11.7. The minimum Gasteiger partial charge on any atom is -0.339 e. The highest BCUT2D eigenvalue weighted by molar-refractivity contribution is 9.10. The van der Waals surface area contributed by atoms with Crippen molar-refractivity contribution in [1.82, 2.24) is 15.5 Å². The highest BCUT2D eigenvalue weighted by Crippen LogP contribution is 2.24. The van der Waals surface area contributed by atoms with Crippen LogP contribution in [0.4, 0.5) is 0 Å². The maximum absolute atomic E-state index is 5.32. The number of hydrogen-bond acceptors (Lipinski definition) is 4. The minimum atomic E-state index is 0.367. The van der Waals surface area contributed by atoms with Crippen molar-refractivity contribution in [1.29, 1.82) is 0 Å². The molecule has 1 aromatic carbocycles. The van der Waals surface area contributed by atoms with Crippen LogP contribution in [-0.2, 0) is 0 Å². The Labute approximate surface area is 108 Å². The van der Waals surface area contributed by atoms with Gasteiger partial charge in [-0.05, 0) is 37.2 Å². The minimum absolute atomic E-state index is 0.367. The largest absolute Gasteiger partial charge is 0.339 e. The molecule has 1 saturated heterocycles. The fourth-order valence-electron chi connectivity index (χ4n) is 1.98. The summed E-state index contributed by atoms with van der Waals surface area (Å²) < 4.78 is 6.37. The summed E-state index contributed by atoms with van der Waals surface area (Å²) in [4.78, 5) is 4.46. The van der Waals surface area contributed by atoms with Gasteiger partial charge in [-0.1, -0.05) is 21.1 Å². The molecule has 5 heteroatoms. The first-order valence-corrected chi connectivity index (χ1v) is 6.42. The Bertz CT molecular complexity index is 503. The molecule has 1 unspecified atom stereocenters. The second-order valence-electron chi connectivity index (χ2n) is 4.15. The monoisotopic (exact) mass is 293 g/mol. The molecule has 1 aliphatic rings. The number of rotatable bonds is 2. The average Bonchev–Trinajstić information content (AvgIpc) is 3.00. The first-order chi connectivity index (χ1) is 8.33. The van der Waals surface area contributed by atoms with Gasteiger partial charge in [0.2, 0.25) is 11.7 Å². The zero-order valence-electron chi connectivity index (χ0n) is 9.19. The van der Waals surface area contributed by atoms with Gasteiger partial charge in [-0.25, -0.2) is 0 Å². The van der Waals surface area contributed by atoms with E-state index >= 15 is 0 Å². The Morgan fingerprint density at radius 3 is 2.82 bits per heavy atom. The summed E-state index contributed by atoms with van der Waals surface area (Å²) in [6, 6.07) is 7.90. The van der Waals surface area contributed by atoms with Gasteiger partial charge >= 0.3 is 0 Å². The summed E-state index contributed by atoms with van der Waals surface area (Å²) in [5.41, 5.74) is 0.981. The van der Waals surface area contributed by atoms with Crippen LogP contribution in [0.25, 0.3) is 11.4 Å². The summed E-state index contributed by atoms with van der Waals surface area (Å²) in [7, 11) is 0. The van der Waals surface area contributed by atoms with Gasteiger partial charge in [-0.3, -0.25) is 0 Å². The predicted molar refractivity (Wildman–Crippen MR) is 67.7 cm³/mol. The van der Waals surface area contributed by atoms with E-state index in [4.69, 9.17) is 4.52 Å². The Kier molecular flexibility index (Phi) is 2.94. The lowest BCUT2D eigenvalue weighted by molar-refractivity contribution is 0.359. The maximum atomic E-state index is 5.32. The fourth-order valence-corrected chi connectivity index (χ4v) is 2.25. The first-order valence-electron chi connectivity index (χ1n) is 5.63. The Morgan fingerprint density at radius 2 is 2.12 bits per heavy atom. The van der Waals surface area contributed by atoms with Gasteiger partial charge in [-0.2, -0.15) is 4.98 Å².